The van der Waals surface area contributed by atoms with Crippen LogP contribution in [-0.4, -0.2) is 19.5 Å². The van der Waals surface area contributed by atoms with Crippen LogP contribution < -0.4 is 16.4 Å². The highest BCUT2D eigenvalue weighted by Crippen LogP contribution is 2.20. The minimum absolute atomic E-state index is 0.120. The molecular formula is C13H21N3O. The highest BCUT2D eigenvalue weighted by Gasteiger charge is 2.06. The van der Waals surface area contributed by atoms with E-state index in [1.807, 2.05) is 6.07 Å². The number of carbonyl (C=O) groups is 1. The summed E-state index contributed by atoms with van der Waals surface area (Å²) < 4.78 is 0. The molecule has 4 nitrogen and oxygen atoms in total. The molecule has 0 aliphatic heterocycles. The zero-order valence-corrected chi connectivity index (χ0v) is 10.7. The highest BCUT2D eigenvalue weighted by atomic mass is 16.1. The van der Waals surface area contributed by atoms with Gasteiger partial charge < -0.3 is 16.4 Å². The Morgan fingerprint density at radius 1 is 1.41 bits per heavy atom. The van der Waals surface area contributed by atoms with Crippen LogP contribution >= 0.6 is 0 Å². The van der Waals surface area contributed by atoms with Gasteiger partial charge in [0, 0.05) is 19.2 Å². The molecule has 0 radical (unpaired) electrons. The minimum atomic E-state index is -0.120. The van der Waals surface area contributed by atoms with Crippen molar-refractivity contribution in [2.75, 3.05) is 24.6 Å². The Morgan fingerprint density at radius 2 is 2.12 bits per heavy atom. The largest absolute Gasteiger partial charge is 0.397 e. The van der Waals surface area contributed by atoms with Gasteiger partial charge in [-0.05, 0) is 30.5 Å². The van der Waals surface area contributed by atoms with Crippen molar-refractivity contribution in [3.63, 3.8) is 0 Å². The molecule has 0 unspecified atom stereocenters. The molecule has 0 bridgehead atoms. The van der Waals surface area contributed by atoms with Gasteiger partial charge in [0.05, 0.1) is 11.4 Å². The smallest absolute Gasteiger partial charge is 0.251 e. The zero-order chi connectivity index (χ0) is 12.8. The summed E-state index contributed by atoms with van der Waals surface area (Å²) in [4.78, 5) is 11.4. The predicted octanol–water partition coefficient (Wildman–Crippen LogP) is 2.09. The number of anilines is 2. The Kier molecular flexibility index (Phi) is 4.82. The average molecular weight is 235 g/mol. The summed E-state index contributed by atoms with van der Waals surface area (Å²) in [5.41, 5.74) is 7.96. The van der Waals surface area contributed by atoms with Gasteiger partial charge in [0.1, 0.15) is 0 Å². The third-order valence-electron chi connectivity index (χ3n) is 2.58. The Bertz CT molecular complexity index is 388. The lowest BCUT2D eigenvalue weighted by Gasteiger charge is -2.11. The Balaban J connectivity index is 2.66. The van der Waals surface area contributed by atoms with Crippen LogP contribution in [0.2, 0.25) is 0 Å². The van der Waals surface area contributed by atoms with Gasteiger partial charge in [0.15, 0.2) is 0 Å². The van der Waals surface area contributed by atoms with Crippen LogP contribution in [0.15, 0.2) is 18.2 Å². The molecule has 1 aromatic rings. The summed E-state index contributed by atoms with van der Waals surface area (Å²) in [6.07, 6.45) is 1.09. The fourth-order valence-corrected chi connectivity index (χ4v) is 1.50. The standard InChI is InChI=1S/C13H21N3O/c1-9(2)6-7-16-12-5-4-10(8-11(12)14)13(17)15-3/h4-5,8-9,16H,6-7,14H2,1-3H3,(H,15,17). The van der Waals surface area contributed by atoms with E-state index in [2.05, 4.69) is 24.5 Å². The minimum Gasteiger partial charge on any atom is -0.397 e. The average Bonchev–Trinajstić information content (AvgIpc) is 2.29. The van der Waals surface area contributed by atoms with E-state index in [1.165, 1.54) is 0 Å². The summed E-state index contributed by atoms with van der Waals surface area (Å²) in [5, 5.41) is 5.84. The number of carbonyl (C=O) groups excluding carboxylic acids is 1. The first-order valence-corrected chi connectivity index (χ1v) is 5.90. The number of benzene rings is 1. The zero-order valence-electron chi connectivity index (χ0n) is 10.7. The van der Waals surface area contributed by atoms with Gasteiger partial charge in [-0.25, -0.2) is 0 Å². The van der Waals surface area contributed by atoms with E-state index in [9.17, 15) is 4.79 Å². The van der Waals surface area contributed by atoms with Crippen LogP contribution in [0.1, 0.15) is 30.6 Å². The summed E-state index contributed by atoms with van der Waals surface area (Å²) in [6, 6.07) is 5.31. The van der Waals surface area contributed by atoms with Crippen molar-refractivity contribution in [1.29, 1.82) is 0 Å². The maximum Gasteiger partial charge on any atom is 0.251 e. The second-order valence-corrected chi connectivity index (χ2v) is 4.49. The fourth-order valence-electron chi connectivity index (χ4n) is 1.50. The van der Waals surface area contributed by atoms with Crippen molar-refractivity contribution in [2.24, 2.45) is 5.92 Å². The van der Waals surface area contributed by atoms with Gasteiger partial charge in [0.25, 0.3) is 5.91 Å². The van der Waals surface area contributed by atoms with Crippen LogP contribution in [0.3, 0.4) is 0 Å². The molecule has 0 heterocycles. The summed E-state index contributed by atoms with van der Waals surface area (Å²) in [5.74, 6) is 0.541. The third-order valence-corrected chi connectivity index (χ3v) is 2.58. The van der Waals surface area contributed by atoms with Gasteiger partial charge >= 0.3 is 0 Å². The summed E-state index contributed by atoms with van der Waals surface area (Å²) in [7, 11) is 1.60. The van der Waals surface area contributed by atoms with Gasteiger partial charge in [-0.1, -0.05) is 13.8 Å². The van der Waals surface area contributed by atoms with Crippen molar-refractivity contribution >= 4 is 17.3 Å². The molecule has 1 aromatic carbocycles. The molecule has 1 amide bonds. The first kappa shape index (κ1) is 13.4. The Hall–Kier alpha value is -1.71. The van der Waals surface area contributed by atoms with E-state index in [0.717, 1.165) is 18.7 Å². The first-order valence-electron chi connectivity index (χ1n) is 5.90. The fraction of sp³-hybridized carbons (Fsp3) is 0.462. The van der Waals surface area contributed by atoms with E-state index in [0.29, 0.717) is 17.2 Å². The van der Waals surface area contributed by atoms with E-state index < -0.39 is 0 Å². The van der Waals surface area contributed by atoms with Crippen LogP contribution in [0, 0.1) is 5.92 Å². The van der Waals surface area contributed by atoms with Crippen molar-refractivity contribution in [3.05, 3.63) is 23.8 Å². The molecule has 0 spiro atoms. The maximum atomic E-state index is 11.4. The molecule has 0 atom stereocenters. The van der Waals surface area contributed by atoms with Crippen molar-refractivity contribution in [3.8, 4) is 0 Å². The molecular weight excluding hydrogens is 214 g/mol. The van der Waals surface area contributed by atoms with Crippen LogP contribution in [0.4, 0.5) is 11.4 Å². The number of nitrogens with one attached hydrogen (secondary N) is 2. The lowest BCUT2D eigenvalue weighted by Crippen LogP contribution is -2.18. The lowest BCUT2D eigenvalue weighted by molar-refractivity contribution is 0.0963. The van der Waals surface area contributed by atoms with Crippen molar-refractivity contribution < 1.29 is 4.79 Å². The molecule has 0 fully saturated rings. The van der Waals surface area contributed by atoms with Crippen LogP contribution in [0.5, 0.6) is 0 Å². The monoisotopic (exact) mass is 235 g/mol. The SMILES string of the molecule is CNC(=O)c1ccc(NCCC(C)C)c(N)c1. The first-order chi connectivity index (χ1) is 8.04. The highest BCUT2D eigenvalue weighted by molar-refractivity contribution is 5.95. The maximum absolute atomic E-state index is 11.4. The summed E-state index contributed by atoms with van der Waals surface area (Å²) >= 11 is 0. The molecule has 0 aromatic heterocycles. The molecule has 0 saturated carbocycles. The number of nitrogens with two attached hydrogens (primary N) is 1. The van der Waals surface area contributed by atoms with Crippen LogP contribution in [0.25, 0.3) is 0 Å². The normalized spacial score (nSPS) is 10.4. The van der Waals surface area contributed by atoms with Gasteiger partial charge in [-0.15, -0.1) is 0 Å². The van der Waals surface area contributed by atoms with Gasteiger partial charge in [-0.3, -0.25) is 4.79 Å². The van der Waals surface area contributed by atoms with E-state index >= 15 is 0 Å². The molecule has 4 heteroatoms. The Labute approximate surface area is 103 Å². The number of rotatable bonds is 5. The second kappa shape index (κ2) is 6.13. The van der Waals surface area contributed by atoms with Crippen LogP contribution in [-0.2, 0) is 0 Å². The second-order valence-electron chi connectivity index (χ2n) is 4.49. The molecule has 0 aliphatic rings. The van der Waals surface area contributed by atoms with Crippen molar-refractivity contribution in [2.45, 2.75) is 20.3 Å². The molecule has 0 aliphatic carbocycles. The number of nitrogen functional groups attached to an aromatic ring is 1. The van der Waals surface area contributed by atoms with Gasteiger partial charge in [-0.2, -0.15) is 0 Å². The predicted molar refractivity (Wildman–Crippen MR) is 72.2 cm³/mol. The summed E-state index contributed by atoms with van der Waals surface area (Å²) in [6.45, 7) is 5.25. The molecule has 94 valence electrons. The van der Waals surface area contributed by atoms with E-state index in [4.69, 9.17) is 5.73 Å². The lowest BCUT2D eigenvalue weighted by atomic mass is 10.1. The van der Waals surface area contributed by atoms with E-state index in [-0.39, 0.29) is 5.91 Å². The number of hydrogen-bond donors (Lipinski definition) is 3. The number of amides is 1. The van der Waals surface area contributed by atoms with E-state index in [1.54, 1.807) is 19.2 Å². The third kappa shape index (κ3) is 3.98. The quantitative estimate of drug-likeness (QED) is 0.684. The topological polar surface area (TPSA) is 67.2 Å². The van der Waals surface area contributed by atoms with Crippen molar-refractivity contribution in [1.82, 2.24) is 5.32 Å². The van der Waals surface area contributed by atoms with Gasteiger partial charge in [0.2, 0.25) is 0 Å². The molecule has 17 heavy (non-hydrogen) atoms. The molecule has 1 rings (SSSR count). The molecule has 0 saturated heterocycles. The number of hydrogen-bond acceptors (Lipinski definition) is 3. The Morgan fingerprint density at radius 3 is 2.65 bits per heavy atom. The molecule has 4 N–H and O–H groups in total.